The van der Waals surface area contributed by atoms with Crippen LogP contribution in [0.3, 0.4) is 0 Å². The maximum atomic E-state index is 12.3. The van der Waals surface area contributed by atoms with Crippen LogP contribution in [0.2, 0.25) is 0 Å². The number of para-hydroxylation sites is 1. The van der Waals surface area contributed by atoms with Crippen LogP contribution >= 0.6 is 0 Å². The average molecular weight is 341 g/mol. The van der Waals surface area contributed by atoms with Gasteiger partial charge in [0, 0.05) is 5.69 Å². The fraction of sp³-hybridized carbons (Fsp3) is 0.263. The van der Waals surface area contributed by atoms with Crippen LogP contribution in [0.25, 0.3) is 0 Å². The standard InChI is InChI=1S/C19H23N3O3/c1-13(2)12-17(22-19(20)24)18(23)21-14-8-10-16(11-9-14)25-15-6-4-3-5-7-15/h3-11,13,17H,12H2,1-2H3,(H,21,23)(H3,20,22,24)/t17-/m1/s1. The number of primary amides is 1. The predicted molar refractivity (Wildman–Crippen MR) is 97.5 cm³/mol. The second-order valence-electron chi connectivity index (χ2n) is 6.12. The zero-order valence-corrected chi connectivity index (χ0v) is 14.4. The number of anilines is 1. The summed E-state index contributed by atoms with van der Waals surface area (Å²) in [5.41, 5.74) is 5.76. The Hall–Kier alpha value is -3.02. The van der Waals surface area contributed by atoms with Gasteiger partial charge in [0.05, 0.1) is 0 Å². The molecular weight excluding hydrogens is 318 g/mol. The Morgan fingerprint density at radius 3 is 2.16 bits per heavy atom. The fourth-order valence-electron chi connectivity index (χ4n) is 2.33. The highest BCUT2D eigenvalue weighted by molar-refractivity contribution is 5.96. The maximum absolute atomic E-state index is 12.3. The van der Waals surface area contributed by atoms with E-state index in [-0.39, 0.29) is 11.8 Å². The summed E-state index contributed by atoms with van der Waals surface area (Å²) in [6, 6.07) is 15.1. The number of urea groups is 1. The third-order valence-corrected chi connectivity index (χ3v) is 3.44. The number of carbonyl (C=O) groups excluding carboxylic acids is 2. The number of rotatable bonds is 7. The third-order valence-electron chi connectivity index (χ3n) is 3.44. The molecule has 0 bridgehead atoms. The fourth-order valence-corrected chi connectivity index (χ4v) is 2.33. The lowest BCUT2D eigenvalue weighted by molar-refractivity contribution is -0.118. The lowest BCUT2D eigenvalue weighted by Gasteiger charge is -2.19. The van der Waals surface area contributed by atoms with Gasteiger partial charge in [-0.2, -0.15) is 0 Å². The summed E-state index contributed by atoms with van der Waals surface area (Å²) in [5.74, 6) is 1.34. The van der Waals surface area contributed by atoms with Gasteiger partial charge in [0.1, 0.15) is 17.5 Å². The van der Waals surface area contributed by atoms with E-state index in [9.17, 15) is 9.59 Å². The summed E-state index contributed by atoms with van der Waals surface area (Å²) < 4.78 is 5.70. The Morgan fingerprint density at radius 1 is 1.00 bits per heavy atom. The quantitative estimate of drug-likeness (QED) is 0.719. The normalized spacial score (nSPS) is 11.6. The van der Waals surface area contributed by atoms with Gasteiger partial charge >= 0.3 is 6.03 Å². The molecule has 0 heterocycles. The lowest BCUT2D eigenvalue weighted by Crippen LogP contribution is -2.46. The number of hydrogen-bond donors (Lipinski definition) is 3. The Labute approximate surface area is 147 Å². The maximum Gasteiger partial charge on any atom is 0.312 e. The smallest absolute Gasteiger partial charge is 0.312 e. The summed E-state index contributed by atoms with van der Waals surface area (Å²) in [7, 11) is 0. The molecule has 0 spiro atoms. The first-order chi connectivity index (χ1) is 11.9. The molecule has 3 amide bonds. The van der Waals surface area contributed by atoms with Crippen LogP contribution in [-0.4, -0.2) is 18.0 Å². The zero-order chi connectivity index (χ0) is 18.2. The molecule has 0 aliphatic carbocycles. The van der Waals surface area contributed by atoms with Crippen LogP contribution < -0.4 is 21.1 Å². The van der Waals surface area contributed by atoms with Crippen molar-refractivity contribution in [2.75, 3.05) is 5.32 Å². The minimum Gasteiger partial charge on any atom is -0.457 e. The van der Waals surface area contributed by atoms with Crippen molar-refractivity contribution in [2.45, 2.75) is 26.3 Å². The van der Waals surface area contributed by atoms with Gasteiger partial charge in [-0.3, -0.25) is 4.79 Å². The largest absolute Gasteiger partial charge is 0.457 e. The van der Waals surface area contributed by atoms with Crippen LogP contribution in [0.5, 0.6) is 11.5 Å². The topological polar surface area (TPSA) is 93.5 Å². The molecule has 132 valence electrons. The van der Waals surface area contributed by atoms with Gasteiger partial charge in [0.15, 0.2) is 0 Å². The zero-order valence-electron chi connectivity index (χ0n) is 14.4. The molecule has 2 aromatic rings. The molecule has 2 aromatic carbocycles. The summed E-state index contributed by atoms with van der Waals surface area (Å²) in [6.07, 6.45) is 0.504. The van der Waals surface area contributed by atoms with Crippen molar-refractivity contribution in [1.82, 2.24) is 5.32 Å². The van der Waals surface area contributed by atoms with E-state index >= 15 is 0 Å². The van der Waals surface area contributed by atoms with Crippen molar-refractivity contribution in [3.63, 3.8) is 0 Å². The molecule has 4 N–H and O–H groups in total. The van der Waals surface area contributed by atoms with Gasteiger partial charge in [0.2, 0.25) is 5.91 Å². The van der Waals surface area contributed by atoms with Gasteiger partial charge in [0.25, 0.3) is 0 Å². The minimum absolute atomic E-state index is 0.240. The summed E-state index contributed by atoms with van der Waals surface area (Å²) in [4.78, 5) is 23.4. The van der Waals surface area contributed by atoms with Crippen molar-refractivity contribution in [3.8, 4) is 11.5 Å². The highest BCUT2D eigenvalue weighted by atomic mass is 16.5. The molecule has 6 heteroatoms. The molecule has 0 radical (unpaired) electrons. The van der Waals surface area contributed by atoms with E-state index in [4.69, 9.17) is 10.5 Å². The summed E-state index contributed by atoms with van der Waals surface area (Å²) in [6.45, 7) is 3.94. The van der Waals surface area contributed by atoms with Crippen LogP contribution in [-0.2, 0) is 4.79 Å². The van der Waals surface area contributed by atoms with Crippen molar-refractivity contribution < 1.29 is 14.3 Å². The number of nitrogens with one attached hydrogen (secondary N) is 2. The molecule has 6 nitrogen and oxygen atoms in total. The Morgan fingerprint density at radius 2 is 1.60 bits per heavy atom. The number of benzene rings is 2. The third kappa shape index (κ3) is 6.18. The lowest BCUT2D eigenvalue weighted by atomic mass is 10.0. The SMILES string of the molecule is CC(C)C[C@@H](NC(N)=O)C(=O)Nc1ccc(Oc2ccccc2)cc1. The van der Waals surface area contributed by atoms with Gasteiger partial charge < -0.3 is 21.1 Å². The Balaban J connectivity index is 1.98. The van der Waals surface area contributed by atoms with Crippen LogP contribution in [0.4, 0.5) is 10.5 Å². The number of ether oxygens (including phenoxy) is 1. The molecule has 0 fully saturated rings. The molecule has 0 saturated carbocycles. The first kappa shape index (κ1) is 18.3. The first-order valence-corrected chi connectivity index (χ1v) is 8.14. The van der Waals surface area contributed by atoms with E-state index < -0.39 is 12.1 Å². The van der Waals surface area contributed by atoms with E-state index in [1.165, 1.54) is 0 Å². The number of carbonyl (C=O) groups is 2. The first-order valence-electron chi connectivity index (χ1n) is 8.14. The number of amides is 3. The van der Waals surface area contributed by atoms with Gasteiger partial charge in [-0.25, -0.2) is 4.79 Å². The molecule has 0 aliphatic rings. The van der Waals surface area contributed by atoms with E-state index in [0.717, 1.165) is 5.75 Å². The van der Waals surface area contributed by atoms with E-state index in [1.807, 2.05) is 44.2 Å². The van der Waals surface area contributed by atoms with E-state index in [0.29, 0.717) is 17.9 Å². The highest BCUT2D eigenvalue weighted by Crippen LogP contribution is 2.22. The molecular formula is C19H23N3O3. The summed E-state index contributed by atoms with van der Waals surface area (Å²) >= 11 is 0. The molecule has 0 saturated heterocycles. The Kier molecular flexibility index (Phi) is 6.39. The molecule has 1 atom stereocenters. The summed E-state index contributed by atoms with van der Waals surface area (Å²) in [5, 5.41) is 5.26. The van der Waals surface area contributed by atoms with Gasteiger partial charge in [-0.05, 0) is 48.7 Å². The Bertz CT molecular complexity index is 700. The second kappa shape index (κ2) is 8.73. The van der Waals surface area contributed by atoms with Crippen LogP contribution in [0.1, 0.15) is 20.3 Å². The average Bonchev–Trinajstić information content (AvgIpc) is 2.56. The van der Waals surface area contributed by atoms with Crippen LogP contribution in [0.15, 0.2) is 54.6 Å². The molecule has 0 aromatic heterocycles. The predicted octanol–water partition coefficient (Wildman–Crippen LogP) is 3.50. The highest BCUT2D eigenvalue weighted by Gasteiger charge is 2.21. The molecule has 25 heavy (non-hydrogen) atoms. The second-order valence-corrected chi connectivity index (χ2v) is 6.12. The molecule has 0 aliphatic heterocycles. The van der Waals surface area contributed by atoms with Gasteiger partial charge in [-0.1, -0.05) is 32.0 Å². The van der Waals surface area contributed by atoms with Crippen molar-refractivity contribution in [1.29, 1.82) is 0 Å². The van der Waals surface area contributed by atoms with Crippen molar-refractivity contribution in [2.24, 2.45) is 11.7 Å². The number of nitrogens with two attached hydrogens (primary N) is 1. The van der Waals surface area contributed by atoms with E-state index in [2.05, 4.69) is 10.6 Å². The molecule has 0 unspecified atom stereocenters. The van der Waals surface area contributed by atoms with Crippen LogP contribution in [0, 0.1) is 5.92 Å². The monoisotopic (exact) mass is 341 g/mol. The van der Waals surface area contributed by atoms with E-state index in [1.54, 1.807) is 24.3 Å². The molecule has 2 rings (SSSR count). The minimum atomic E-state index is -0.715. The number of hydrogen-bond acceptors (Lipinski definition) is 3. The van der Waals surface area contributed by atoms with Crippen molar-refractivity contribution >= 4 is 17.6 Å². The van der Waals surface area contributed by atoms with Crippen molar-refractivity contribution in [3.05, 3.63) is 54.6 Å². The van der Waals surface area contributed by atoms with Gasteiger partial charge in [-0.15, -0.1) is 0 Å².